The zero-order valence-electron chi connectivity index (χ0n) is 22.4. The van der Waals surface area contributed by atoms with Crippen LogP contribution in [0, 0.1) is 17.1 Å². The smallest absolute Gasteiger partial charge is 0.251 e. The Labute approximate surface area is 234 Å². The Morgan fingerprint density at radius 1 is 1.00 bits per heavy atom. The number of rotatable bonds is 6. The van der Waals surface area contributed by atoms with Gasteiger partial charge >= 0.3 is 0 Å². The molecule has 0 bridgehead atoms. The molecule has 1 fully saturated rings. The van der Waals surface area contributed by atoms with Crippen LogP contribution in [0.3, 0.4) is 0 Å². The summed E-state index contributed by atoms with van der Waals surface area (Å²) in [6, 6.07) is 11.6. The van der Waals surface area contributed by atoms with Crippen molar-refractivity contribution in [2.24, 2.45) is 0 Å². The molecule has 0 spiro atoms. The number of hydrogen-bond donors (Lipinski definition) is 0. The second-order valence-electron chi connectivity index (χ2n) is 10.2. The summed E-state index contributed by atoms with van der Waals surface area (Å²) < 4.78 is 43.9. The van der Waals surface area contributed by atoms with E-state index < -0.39 is 11.7 Å². The van der Waals surface area contributed by atoms with Crippen LogP contribution < -0.4 is 9.80 Å². The lowest BCUT2D eigenvalue weighted by molar-refractivity contribution is -0.0220. The highest BCUT2D eigenvalue weighted by molar-refractivity contribution is 5.86. The Morgan fingerprint density at radius 3 is 2.44 bits per heavy atom. The number of halogens is 3. The van der Waals surface area contributed by atoms with Crippen LogP contribution in [0.25, 0.3) is 22.5 Å². The molecule has 0 radical (unpaired) electrons. The molecule has 1 atom stereocenters. The third kappa shape index (κ3) is 5.06. The van der Waals surface area contributed by atoms with E-state index in [-0.39, 0.29) is 32.0 Å². The van der Waals surface area contributed by atoms with Crippen molar-refractivity contribution in [2.45, 2.75) is 31.7 Å². The van der Waals surface area contributed by atoms with Gasteiger partial charge < -0.3 is 9.80 Å². The van der Waals surface area contributed by atoms with Gasteiger partial charge in [-0.1, -0.05) is 6.07 Å². The molecule has 5 aromatic heterocycles. The minimum Gasteiger partial charge on any atom is -0.370 e. The van der Waals surface area contributed by atoms with Crippen molar-refractivity contribution in [3.05, 3.63) is 84.5 Å². The summed E-state index contributed by atoms with van der Waals surface area (Å²) in [5, 5.41) is 18.0. The van der Waals surface area contributed by atoms with E-state index >= 15 is 0 Å². The van der Waals surface area contributed by atoms with Crippen molar-refractivity contribution < 1.29 is 13.2 Å². The third-order valence-corrected chi connectivity index (χ3v) is 7.62. The molecule has 1 saturated heterocycles. The van der Waals surface area contributed by atoms with E-state index in [0.29, 0.717) is 16.9 Å². The van der Waals surface area contributed by atoms with Gasteiger partial charge in [0.05, 0.1) is 47.6 Å². The number of hydrogen-bond acceptors (Lipinski definition) is 7. The lowest BCUT2D eigenvalue weighted by Crippen LogP contribution is -2.39. The summed E-state index contributed by atoms with van der Waals surface area (Å²) in [6.07, 6.45) is 8.74. The first-order chi connectivity index (χ1) is 19.7. The van der Waals surface area contributed by atoms with Crippen molar-refractivity contribution >= 4 is 17.0 Å². The SMILES string of the molecule is C[C@@H](c1ccc(-n2cc(F)cn2)nc1)N(C)c1ccc(-c2cc(N3CCC(F)(F)CC3)cn3ncc(C#N)c23)cn1. The Kier molecular flexibility index (Phi) is 6.57. The average molecular weight is 558 g/mol. The van der Waals surface area contributed by atoms with Crippen molar-refractivity contribution in [2.75, 3.05) is 29.9 Å². The summed E-state index contributed by atoms with van der Waals surface area (Å²) in [5.41, 5.74) is 4.28. The van der Waals surface area contributed by atoms with E-state index in [1.165, 1.54) is 17.1 Å². The fourth-order valence-corrected chi connectivity index (χ4v) is 5.06. The van der Waals surface area contributed by atoms with Crippen LogP contribution in [0.1, 0.15) is 36.9 Å². The Morgan fingerprint density at radius 2 is 1.80 bits per heavy atom. The fourth-order valence-electron chi connectivity index (χ4n) is 5.06. The molecule has 0 unspecified atom stereocenters. The maximum Gasteiger partial charge on any atom is 0.251 e. The number of nitriles is 1. The number of nitrogens with zero attached hydrogens (tertiary/aromatic N) is 9. The Balaban J connectivity index is 1.27. The standard InChI is InChI=1S/C29H26F3N9/c1-19(20-3-6-27(35-13-20)40-17-23(30)16-37-40)38(2)26-5-4-21(14-34-26)25-11-24(39-9-7-29(31,32)8-10-39)18-41-28(25)22(12-33)15-36-41/h3-6,11,13-19H,7-10H2,1-2H3/t19-/m0/s1. The van der Waals surface area contributed by atoms with Crippen LogP contribution >= 0.6 is 0 Å². The lowest BCUT2D eigenvalue weighted by atomic mass is 10.0. The minimum absolute atomic E-state index is 0.0726. The van der Waals surface area contributed by atoms with E-state index in [9.17, 15) is 18.4 Å². The number of alkyl halides is 2. The summed E-state index contributed by atoms with van der Waals surface area (Å²) in [7, 11) is 1.93. The Hall–Kier alpha value is -4.92. The zero-order chi connectivity index (χ0) is 28.7. The van der Waals surface area contributed by atoms with Gasteiger partial charge in [-0.2, -0.15) is 15.5 Å². The topological polar surface area (TPSA) is 91.2 Å². The summed E-state index contributed by atoms with van der Waals surface area (Å²) in [4.78, 5) is 13.0. The van der Waals surface area contributed by atoms with E-state index in [2.05, 4.69) is 21.3 Å². The summed E-state index contributed by atoms with van der Waals surface area (Å²) in [6.45, 7) is 2.50. The first-order valence-electron chi connectivity index (χ1n) is 13.1. The molecular formula is C29H26F3N9. The maximum absolute atomic E-state index is 13.8. The molecule has 6 rings (SSSR count). The Bertz CT molecular complexity index is 1730. The van der Waals surface area contributed by atoms with Crippen LogP contribution in [0.5, 0.6) is 0 Å². The monoisotopic (exact) mass is 557 g/mol. The van der Waals surface area contributed by atoms with Gasteiger partial charge in [-0.25, -0.2) is 32.3 Å². The van der Waals surface area contributed by atoms with Crippen molar-refractivity contribution in [1.82, 2.24) is 29.4 Å². The summed E-state index contributed by atoms with van der Waals surface area (Å²) >= 11 is 0. The molecule has 0 N–H and O–H groups in total. The van der Waals surface area contributed by atoms with Crippen LogP contribution in [0.2, 0.25) is 0 Å². The van der Waals surface area contributed by atoms with Gasteiger partial charge in [-0.3, -0.25) is 0 Å². The van der Waals surface area contributed by atoms with E-state index in [0.717, 1.165) is 34.4 Å². The molecule has 1 aliphatic heterocycles. The van der Waals surface area contributed by atoms with Gasteiger partial charge in [0.15, 0.2) is 11.6 Å². The third-order valence-electron chi connectivity index (χ3n) is 7.62. The number of pyridine rings is 3. The predicted molar refractivity (Wildman–Crippen MR) is 148 cm³/mol. The van der Waals surface area contributed by atoms with Gasteiger partial charge in [0.1, 0.15) is 11.9 Å². The van der Waals surface area contributed by atoms with E-state index in [1.54, 1.807) is 29.2 Å². The van der Waals surface area contributed by atoms with Crippen LogP contribution in [-0.4, -0.2) is 55.4 Å². The molecule has 0 amide bonds. The van der Waals surface area contributed by atoms with Gasteiger partial charge in [0, 0.05) is 56.5 Å². The molecule has 5 aromatic rings. The second kappa shape index (κ2) is 10.2. The van der Waals surface area contributed by atoms with Crippen LogP contribution in [-0.2, 0) is 0 Å². The molecular weight excluding hydrogens is 531 g/mol. The largest absolute Gasteiger partial charge is 0.370 e. The van der Waals surface area contributed by atoms with Gasteiger partial charge in [-0.05, 0) is 36.8 Å². The molecule has 6 heterocycles. The van der Waals surface area contributed by atoms with Crippen LogP contribution in [0.4, 0.5) is 24.7 Å². The fraction of sp³-hybridized carbons (Fsp3) is 0.276. The molecule has 208 valence electrons. The molecule has 9 nitrogen and oxygen atoms in total. The van der Waals surface area contributed by atoms with Crippen molar-refractivity contribution in [3.8, 4) is 23.0 Å². The molecule has 0 aromatic carbocycles. The number of piperidine rings is 1. The molecule has 12 heteroatoms. The highest BCUT2D eigenvalue weighted by Gasteiger charge is 2.34. The quantitative estimate of drug-likeness (QED) is 0.275. The normalized spacial score (nSPS) is 15.6. The number of fused-ring (bicyclic) bond motifs is 1. The van der Waals surface area contributed by atoms with Crippen LogP contribution in [0.15, 0.2) is 67.5 Å². The average Bonchev–Trinajstić information content (AvgIpc) is 3.62. The first-order valence-corrected chi connectivity index (χ1v) is 13.1. The number of anilines is 2. The highest BCUT2D eigenvalue weighted by Crippen LogP contribution is 2.35. The maximum atomic E-state index is 13.8. The second-order valence-corrected chi connectivity index (χ2v) is 10.2. The highest BCUT2D eigenvalue weighted by atomic mass is 19.3. The van der Waals surface area contributed by atoms with E-state index in [1.807, 2.05) is 48.0 Å². The summed E-state index contributed by atoms with van der Waals surface area (Å²) in [5.74, 6) is -1.85. The number of aromatic nitrogens is 6. The lowest BCUT2D eigenvalue weighted by Gasteiger charge is -2.33. The van der Waals surface area contributed by atoms with Crippen molar-refractivity contribution in [1.29, 1.82) is 5.26 Å². The van der Waals surface area contributed by atoms with E-state index in [4.69, 9.17) is 4.98 Å². The predicted octanol–water partition coefficient (Wildman–Crippen LogP) is 5.42. The molecule has 0 aliphatic carbocycles. The first kappa shape index (κ1) is 26.3. The van der Waals surface area contributed by atoms with Gasteiger partial charge in [0.25, 0.3) is 5.92 Å². The molecule has 41 heavy (non-hydrogen) atoms. The molecule has 0 saturated carbocycles. The molecule has 1 aliphatic rings. The zero-order valence-corrected chi connectivity index (χ0v) is 22.4. The van der Waals surface area contributed by atoms with Crippen molar-refractivity contribution in [3.63, 3.8) is 0 Å². The minimum atomic E-state index is -2.65. The van der Waals surface area contributed by atoms with Gasteiger partial charge in [0.2, 0.25) is 0 Å². The van der Waals surface area contributed by atoms with Gasteiger partial charge in [-0.15, -0.1) is 0 Å².